The summed E-state index contributed by atoms with van der Waals surface area (Å²) in [5.74, 6) is 0.0246. The summed E-state index contributed by atoms with van der Waals surface area (Å²) in [7, 11) is 1.91. The van der Waals surface area contributed by atoms with Crippen LogP contribution in [0.2, 0.25) is 0 Å². The Kier molecular flexibility index (Phi) is 4.04. The van der Waals surface area contributed by atoms with Crippen molar-refractivity contribution in [3.05, 3.63) is 24.0 Å². The monoisotopic (exact) mass is 265 g/mol. The number of carbonyl (C=O) groups excluding carboxylic acids is 1. The zero-order valence-electron chi connectivity index (χ0n) is 11.3. The maximum atomic E-state index is 13.5. The van der Waals surface area contributed by atoms with Crippen molar-refractivity contribution in [3.8, 4) is 0 Å². The molecule has 104 valence electrons. The van der Waals surface area contributed by atoms with E-state index in [1.807, 2.05) is 18.9 Å². The number of likely N-dealkylation sites (N-methyl/N-ethyl adjacent to an activating group) is 1. The van der Waals surface area contributed by atoms with E-state index >= 15 is 0 Å². The number of nitrogens with two attached hydrogens (primary N) is 1. The van der Waals surface area contributed by atoms with E-state index < -0.39 is 5.82 Å². The first-order valence-corrected chi connectivity index (χ1v) is 6.53. The van der Waals surface area contributed by atoms with E-state index in [9.17, 15) is 9.18 Å². The number of hydrogen-bond acceptors (Lipinski definition) is 3. The number of rotatable bonds is 5. The van der Waals surface area contributed by atoms with Gasteiger partial charge in [0.25, 0.3) is 0 Å². The minimum atomic E-state index is -0.473. The van der Waals surface area contributed by atoms with E-state index in [1.54, 1.807) is 0 Å². The van der Waals surface area contributed by atoms with Gasteiger partial charge in [-0.15, -0.1) is 0 Å². The van der Waals surface area contributed by atoms with Crippen LogP contribution in [0.15, 0.2) is 18.2 Å². The van der Waals surface area contributed by atoms with Gasteiger partial charge in [0.05, 0.1) is 11.7 Å². The van der Waals surface area contributed by atoms with Crippen LogP contribution in [0, 0.1) is 11.7 Å². The Morgan fingerprint density at radius 1 is 1.58 bits per heavy atom. The average Bonchev–Trinajstić information content (AvgIpc) is 3.16. The van der Waals surface area contributed by atoms with Crippen LogP contribution < -0.4 is 11.1 Å². The van der Waals surface area contributed by atoms with Gasteiger partial charge in [-0.2, -0.15) is 0 Å². The Labute approximate surface area is 112 Å². The number of nitrogens with zero attached hydrogens (tertiary/aromatic N) is 1. The molecule has 1 saturated carbocycles. The number of benzene rings is 1. The van der Waals surface area contributed by atoms with Gasteiger partial charge in [0.1, 0.15) is 5.82 Å². The van der Waals surface area contributed by atoms with Gasteiger partial charge in [-0.05, 0) is 50.9 Å². The SMILES string of the molecule is CC(C(=O)Nc1cc(N)ccc1F)N(C)CC1CC1. The molecule has 0 bridgehead atoms. The first kappa shape index (κ1) is 13.8. The Hall–Kier alpha value is -1.62. The van der Waals surface area contributed by atoms with Crippen LogP contribution in [-0.2, 0) is 4.79 Å². The fourth-order valence-corrected chi connectivity index (χ4v) is 1.94. The van der Waals surface area contributed by atoms with Gasteiger partial charge in [0, 0.05) is 12.2 Å². The molecule has 1 fully saturated rings. The number of nitrogen functional groups attached to an aromatic ring is 1. The van der Waals surface area contributed by atoms with Crippen molar-refractivity contribution in [1.29, 1.82) is 0 Å². The van der Waals surface area contributed by atoms with Gasteiger partial charge < -0.3 is 11.1 Å². The van der Waals surface area contributed by atoms with Gasteiger partial charge in [-0.25, -0.2) is 4.39 Å². The first-order chi connectivity index (χ1) is 8.97. The minimum absolute atomic E-state index is 0.136. The number of amides is 1. The van der Waals surface area contributed by atoms with Crippen molar-refractivity contribution in [2.24, 2.45) is 5.92 Å². The molecule has 1 aliphatic rings. The highest BCUT2D eigenvalue weighted by Crippen LogP contribution is 2.29. The first-order valence-electron chi connectivity index (χ1n) is 6.53. The highest BCUT2D eigenvalue weighted by molar-refractivity contribution is 5.95. The number of anilines is 2. The van der Waals surface area contributed by atoms with E-state index in [4.69, 9.17) is 5.73 Å². The predicted octanol–water partition coefficient (Wildman–Crippen LogP) is 2.08. The van der Waals surface area contributed by atoms with E-state index in [0.717, 1.165) is 6.54 Å². The molecule has 3 N–H and O–H groups in total. The smallest absolute Gasteiger partial charge is 0.241 e. The maximum Gasteiger partial charge on any atom is 0.241 e. The Morgan fingerprint density at radius 3 is 2.89 bits per heavy atom. The van der Waals surface area contributed by atoms with E-state index in [1.165, 1.54) is 31.0 Å². The molecule has 0 spiro atoms. The Balaban J connectivity index is 1.97. The van der Waals surface area contributed by atoms with E-state index in [-0.39, 0.29) is 17.6 Å². The van der Waals surface area contributed by atoms with Gasteiger partial charge >= 0.3 is 0 Å². The molecule has 1 amide bonds. The summed E-state index contributed by atoms with van der Waals surface area (Å²) in [6, 6.07) is 3.86. The van der Waals surface area contributed by atoms with Crippen LogP contribution in [0.4, 0.5) is 15.8 Å². The molecule has 1 aromatic rings. The molecule has 0 heterocycles. The van der Waals surface area contributed by atoms with Crippen LogP contribution in [0.3, 0.4) is 0 Å². The fourth-order valence-electron chi connectivity index (χ4n) is 1.94. The second kappa shape index (κ2) is 5.57. The summed E-state index contributed by atoms with van der Waals surface area (Å²) < 4.78 is 13.5. The summed E-state index contributed by atoms with van der Waals surface area (Å²) in [4.78, 5) is 14.1. The lowest BCUT2D eigenvalue weighted by Gasteiger charge is -2.23. The summed E-state index contributed by atoms with van der Waals surface area (Å²) in [5, 5.41) is 2.59. The van der Waals surface area contributed by atoms with Crippen LogP contribution in [0.5, 0.6) is 0 Å². The molecule has 0 aliphatic heterocycles. The molecule has 5 heteroatoms. The molecule has 1 unspecified atom stereocenters. The average molecular weight is 265 g/mol. The van der Waals surface area contributed by atoms with E-state index in [2.05, 4.69) is 5.32 Å². The molecule has 1 aromatic carbocycles. The topological polar surface area (TPSA) is 58.4 Å². The summed E-state index contributed by atoms with van der Waals surface area (Å²) >= 11 is 0. The second-order valence-electron chi connectivity index (χ2n) is 5.29. The van der Waals surface area contributed by atoms with Crippen LogP contribution in [-0.4, -0.2) is 30.4 Å². The fraction of sp³-hybridized carbons (Fsp3) is 0.500. The molecule has 0 aromatic heterocycles. The van der Waals surface area contributed by atoms with Crippen LogP contribution >= 0.6 is 0 Å². The van der Waals surface area contributed by atoms with Crippen molar-refractivity contribution in [2.75, 3.05) is 24.6 Å². The normalized spacial score (nSPS) is 16.4. The summed E-state index contributed by atoms with van der Waals surface area (Å²) in [6.07, 6.45) is 2.48. The third-order valence-corrected chi connectivity index (χ3v) is 3.53. The number of nitrogens with one attached hydrogen (secondary N) is 1. The quantitative estimate of drug-likeness (QED) is 0.801. The zero-order chi connectivity index (χ0) is 14.0. The summed E-state index contributed by atoms with van der Waals surface area (Å²) in [6.45, 7) is 2.73. The molecular weight excluding hydrogens is 245 g/mol. The van der Waals surface area contributed by atoms with Gasteiger partial charge in [-0.1, -0.05) is 0 Å². The largest absolute Gasteiger partial charge is 0.399 e. The number of halogens is 1. The predicted molar refractivity (Wildman–Crippen MR) is 74.3 cm³/mol. The highest BCUT2D eigenvalue weighted by atomic mass is 19.1. The standard InChI is InChI=1S/C14H20FN3O/c1-9(18(2)8-10-3-4-10)14(19)17-13-7-11(16)5-6-12(13)15/h5-7,9-10H,3-4,8,16H2,1-2H3,(H,17,19). The molecule has 1 aliphatic carbocycles. The Bertz CT molecular complexity index is 474. The van der Waals surface area contributed by atoms with Crippen molar-refractivity contribution in [1.82, 2.24) is 4.90 Å². The molecule has 19 heavy (non-hydrogen) atoms. The van der Waals surface area contributed by atoms with Gasteiger partial charge in [-0.3, -0.25) is 9.69 Å². The molecule has 0 saturated heterocycles. The summed E-state index contributed by atoms with van der Waals surface area (Å²) in [5.41, 5.74) is 6.15. The molecule has 4 nitrogen and oxygen atoms in total. The molecule has 2 rings (SSSR count). The van der Waals surface area contributed by atoms with Crippen LogP contribution in [0.1, 0.15) is 19.8 Å². The van der Waals surface area contributed by atoms with Gasteiger partial charge in [0.15, 0.2) is 0 Å². The molecular formula is C14H20FN3O. The van der Waals surface area contributed by atoms with Crippen molar-refractivity contribution >= 4 is 17.3 Å². The third-order valence-electron chi connectivity index (χ3n) is 3.53. The third kappa shape index (κ3) is 3.67. The van der Waals surface area contributed by atoms with E-state index in [0.29, 0.717) is 11.6 Å². The van der Waals surface area contributed by atoms with Crippen molar-refractivity contribution < 1.29 is 9.18 Å². The second-order valence-corrected chi connectivity index (χ2v) is 5.29. The van der Waals surface area contributed by atoms with Crippen molar-refractivity contribution in [2.45, 2.75) is 25.8 Å². The lowest BCUT2D eigenvalue weighted by Crippen LogP contribution is -2.40. The van der Waals surface area contributed by atoms with Crippen molar-refractivity contribution in [3.63, 3.8) is 0 Å². The number of carbonyl (C=O) groups is 1. The maximum absolute atomic E-state index is 13.5. The minimum Gasteiger partial charge on any atom is -0.399 e. The van der Waals surface area contributed by atoms with Crippen LogP contribution in [0.25, 0.3) is 0 Å². The lowest BCUT2D eigenvalue weighted by atomic mass is 10.2. The van der Waals surface area contributed by atoms with Gasteiger partial charge in [0.2, 0.25) is 5.91 Å². The lowest BCUT2D eigenvalue weighted by molar-refractivity contribution is -0.120. The Morgan fingerprint density at radius 2 is 2.26 bits per heavy atom. The highest BCUT2D eigenvalue weighted by Gasteiger charge is 2.27. The molecule has 1 atom stereocenters. The molecule has 0 radical (unpaired) electrons. The number of hydrogen-bond donors (Lipinski definition) is 2. The zero-order valence-corrected chi connectivity index (χ0v) is 11.3.